The number of rotatable bonds is 7. The summed E-state index contributed by atoms with van der Waals surface area (Å²) in [5, 5.41) is 14.8. The van der Waals surface area contributed by atoms with Crippen LogP contribution in [0.3, 0.4) is 0 Å². The van der Waals surface area contributed by atoms with Crippen molar-refractivity contribution in [1.29, 1.82) is 0 Å². The number of methoxy groups -OCH3 is 1. The first kappa shape index (κ1) is 22.9. The molecule has 2 atom stereocenters. The van der Waals surface area contributed by atoms with E-state index in [-0.39, 0.29) is 17.7 Å². The van der Waals surface area contributed by atoms with Crippen molar-refractivity contribution in [3.63, 3.8) is 0 Å². The highest BCUT2D eigenvalue weighted by Crippen LogP contribution is 2.49. The zero-order chi connectivity index (χ0) is 25.0. The predicted molar refractivity (Wildman–Crippen MR) is 136 cm³/mol. The Morgan fingerprint density at radius 1 is 1.19 bits per heavy atom. The number of hydrogen-bond donors (Lipinski definition) is 3. The quantitative estimate of drug-likeness (QED) is 0.344. The van der Waals surface area contributed by atoms with Gasteiger partial charge in [-0.2, -0.15) is 0 Å². The Morgan fingerprint density at radius 2 is 2.03 bits per heavy atom. The lowest BCUT2D eigenvalue weighted by Gasteiger charge is -2.42. The topological polar surface area (TPSA) is 97.9 Å². The highest BCUT2D eigenvalue weighted by atomic mass is 16.5. The molecule has 2 unspecified atom stereocenters. The second kappa shape index (κ2) is 8.55. The number of aromatic amines is 1. The van der Waals surface area contributed by atoms with Crippen molar-refractivity contribution in [2.75, 3.05) is 20.2 Å². The molecule has 1 aromatic heterocycles. The second-order valence-corrected chi connectivity index (χ2v) is 10.4. The van der Waals surface area contributed by atoms with Gasteiger partial charge in [0.1, 0.15) is 23.1 Å². The fourth-order valence-electron chi connectivity index (χ4n) is 6.01. The standard InChI is InChI=1S/C28H32N4O4/c1-28-16-22-21-15-20(36-2)10-11-23(21)30-24(22)25(17-6-3-9-19(33)14-17)32(28)27(35)31(26(28)34)13-5-12-29-18-7-4-8-18/h3,6,9-11,14-15,18,25,29-30,33H,4-5,7-8,12-13,16H2,1-2H3. The van der Waals surface area contributed by atoms with E-state index in [0.29, 0.717) is 19.0 Å². The predicted octanol–water partition coefficient (Wildman–Crippen LogP) is 4.08. The molecule has 2 fully saturated rings. The molecule has 0 bridgehead atoms. The number of aromatic hydroxyl groups is 1. The Kier molecular flexibility index (Phi) is 5.44. The zero-order valence-electron chi connectivity index (χ0n) is 20.7. The summed E-state index contributed by atoms with van der Waals surface area (Å²) in [6.45, 7) is 3.05. The van der Waals surface area contributed by atoms with Crippen LogP contribution in [0, 0.1) is 0 Å². The van der Waals surface area contributed by atoms with Crippen LogP contribution in [0.15, 0.2) is 42.5 Å². The lowest BCUT2D eigenvalue weighted by Crippen LogP contribution is -2.53. The van der Waals surface area contributed by atoms with Crippen LogP contribution in [0.25, 0.3) is 10.9 Å². The van der Waals surface area contributed by atoms with Crippen LogP contribution in [-0.2, 0) is 11.2 Å². The number of nitrogens with one attached hydrogen (secondary N) is 2. The van der Waals surface area contributed by atoms with E-state index in [2.05, 4.69) is 10.3 Å². The Morgan fingerprint density at radius 3 is 2.75 bits per heavy atom. The van der Waals surface area contributed by atoms with Crippen LogP contribution in [-0.4, -0.2) is 63.6 Å². The summed E-state index contributed by atoms with van der Waals surface area (Å²) in [4.78, 5) is 34.4. The van der Waals surface area contributed by atoms with Crippen molar-refractivity contribution in [1.82, 2.24) is 20.1 Å². The van der Waals surface area contributed by atoms with Crippen molar-refractivity contribution >= 4 is 22.8 Å². The number of nitrogens with zero attached hydrogens (tertiary/aromatic N) is 2. The Labute approximate surface area is 210 Å². The number of aromatic nitrogens is 1. The van der Waals surface area contributed by atoms with E-state index >= 15 is 0 Å². The van der Waals surface area contributed by atoms with Gasteiger partial charge in [0.15, 0.2) is 0 Å². The molecule has 36 heavy (non-hydrogen) atoms. The molecule has 188 valence electrons. The van der Waals surface area contributed by atoms with Crippen LogP contribution >= 0.6 is 0 Å². The molecule has 3 aliphatic rings. The SMILES string of the molecule is COc1ccc2[nH]c3c(c2c1)CC1(C)C(=O)N(CCCNC2CCC2)C(=O)N1C3c1cccc(O)c1. The van der Waals surface area contributed by atoms with Crippen molar-refractivity contribution in [3.8, 4) is 11.5 Å². The molecule has 1 saturated heterocycles. The smallest absolute Gasteiger partial charge is 0.328 e. The number of carbonyl (C=O) groups excluding carboxylic acids is 2. The van der Waals surface area contributed by atoms with E-state index in [1.54, 1.807) is 30.2 Å². The first-order valence-electron chi connectivity index (χ1n) is 12.8. The van der Waals surface area contributed by atoms with Gasteiger partial charge in [-0.05, 0) is 74.2 Å². The molecule has 3 N–H and O–H groups in total. The number of phenols is 1. The number of imide groups is 1. The number of fused-ring (bicyclic) bond motifs is 4. The van der Waals surface area contributed by atoms with Crippen LogP contribution in [0.4, 0.5) is 4.79 Å². The molecular weight excluding hydrogens is 456 g/mol. The molecule has 0 spiro atoms. The highest BCUT2D eigenvalue weighted by molar-refractivity contribution is 6.08. The first-order valence-corrected chi connectivity index (χ1v) is 12.8. The summed E-state index contributed by atoms with van der Waals surface area (Å²) in [6, 6.07) is 12.6. The minimum atomic E-state index is -1.03. The second-order valence-electron chi connectivity index (χ2n) is 10.4. The molecule has 1 saturated carbocycles. The molecule has 3 aromatic rings. The van der Waals surface area contributed by atoms with Gasteiger partial charge in [0.25, 0.3) is 5.91 Å². The van der Waals surface area contributed by atoms with Crippen molar-refractivity contribution < 1.29 is 19.4 Å². The number of ether oxygens (including phenoxy) is 1. The van der Waals surface area contributed by atoms with Gasteiger partial charge in [-0.15, -0.1) is 0 Å². The van der Waals surface area contributed by atoms with Crippen molar-refractivity contribution in [2.45, 2.75) is 56.7 Å². The highest BCUT2D eigenvalue weighted by Gasteiger charge is 2.60. The van der Waals surface area contributed by atoms with Gasteiger partial charge in [0.05, 0.1) is 7.11 Å². The van der Waals surface area contributed by atoms with Crippen LogP contribution in [0.5, 0.6) is 11.5 Å². The van der Waals surface area contributed by atoms with Crippen molar-refractivity contribution in [2.24, 2.45) is 0 Å². The lowest BCUT2D eigenvalue weighted by molar-refractivity contribution is -0.133. The molecule has 1 aliphatic carbocycles. The third kappa shape index (κ3) is 3.46. The van der Waals surface area contributed by atoms with Gasteiger partial charge in [-0.1, -0.05) is 18.6 Å². The summed E-state index contributed by atoms with van der Waals surface area (Å²) >= 11 is 0. The summed E-state index contributed by atoms with van der Waals surface area (Å²) in [5.41, 5.74) is 2.53. The van der Waals surface area contributed by atoms with Crippen LogP contribution in [0.2, 0.25) is 0 Å². The van der Waals surface area contributed by atoms with E-state index in [1.165, 1.54) is 24.2 Å². The fraction of sp³-hybridized carbons (Fsp3) is 0.429. The van der Waals surface area contributed by atoms with E-state index in [9.17, 15) is 14.7 Å². The molecule has 3 heterocycles. The van der Waals surface area contributed by atoms with E-state index < -0.39 is 11.6 Å². The molecular formula is C28H32N4O4. The summed E-state index contributed by atoms with van der Waals surface area (Å²) in [5.74, 6) is 0.695. The average molecular weight is 489 g/mol. The minimum Gasteiger partial charge on any atom is -0.508 e. The molecule has 0 radical (unpaired) electrons. The maximum atomic E-state index is 13.9. The molecule has 2 aromatic carbocycles. The summed E-state index contributed by atoms with van der Waals surface area (Å²) < 4.78 is 5.47. The van der Waals surface area contributed by atoms with Gasteiger partial charge in [-0.25, -0.2) is 4.79 Å². The Balaban J connectivity index is 1.40. The van der Waals surface area contributed by atoms with Gasteiger partial charge >= 0.3 is 6.03 Å². The molecule has 8 nitrogen and oxygen atoms in total. The maximum absolute atomic E-state index is 13.9. The van der Waals surface area contributed by atoms with Gasteiger partial charge in [0, 0.05) is 35.6 Å². The number of carbonyl (C=O) groups is 2. The first-order chi connectivity index (χ1) is 17.4. The number of benzene rings is 2. The monoisotopic (exact) mass is 488 g/mol. The maximum Gasteiger partial charge on any atom is 0.328 e. The molecule has 3 amide bonds. The number of urea groups is 1. The number of hydrogen-bond acceptors (Lipinski definition) is 5. The van der Waals surface area contributed by atoms with E-state index in [4.69, 9.17) is 4.74 Å². The largest absolute Gasteiger partial charge is 0.508 e. The zero-order valence-corrected chi connectivity index (χ0v) is 20.7. The molecule has 8 heteroatoms. The van der Waals surface area contributed by atoms with Gasteiger partial charge in [0.2, 0.25) is 0 Å². The Hall–Kier alpha value is -3.52. The van der Waals surface area contributed by atoms with Crippen molar-refractivity contribution in [3.05, 3.63) is 59.3 Å². The van der Waals surface area contributed by atoms with Gasteiger partial charge in [-0.3, -0.25) is 14.6 Å². The summed E-state index contributed by atoms with van der Waals surface area (Å²) in [7, 11) is 1.63. The normalized spacial score (nSPS) is 23.7. The van der Waals surface area contributed by atoms with Gasteiger partial charge < -0.3 is 20.1 Å². The fourth-order valence-corrected chi connectivity index (χ4v) is 6.01. The average Bonchev–Trinajstić information content (AvgIpc) is 3.28. The number of H-pyrrole nitrogens is 1. The third-order valence-electron chi connectivity index (χ3n) is 8.16. The third-order valence-corrected chi connectivity index (χ3v) is 8.16. The minimum absolute atomic E-state index is 0.121. The van der Waals surface area contributed by atoms with Crippen LogP contribution in [0.1, 0.15) is 55.5 Å². The molecule has 6 rings (SSSR count). The summed E-state index contributed by atoms with van der Waals surface area (Å²) in [6.07, 6.45) is 4.81. The lowest BCUT2D eigenvalue weighted by atomic mass is 9.81. The van der Waals surface area contributed by atoms with E-state index in [0.717, 1.165) is 46.4 Å². The molecule has 2 aliphatic heterocycles. The number of phenolic OH excluding ortho intramolecular Hbond substituents is 1. The van der Waals surface area contributed by atoms with E-state index in [1.807, 2.05) is 31.2 Å². The van der Waals surface area contributed by atoms with Crippen LogP contribution < -0.4 is 10.1 Å². The number of amides is 3. The Bertz CT molecular complexity index is 1350.